The van der Waals surface area contributed by atoms with Gasteiger partial charge in [-0.2, -0.15) is 5.10 Å². The molecule has 0 spiro atoms. The summed E-state index contributed by atoms with van der Waals surface area (Å²) in [6.45, 7) is 5.66. The smallest absolute Gasteiger partial charge is 0.0659 e. The Morgan fingerprint density at radius 1 is 1.28 bits per heavy atom. The first-order chi connectivity index (χ1) is 8.79. The summed E-state index contributed by atoms with van der Waals surface area (Å²) in [5.41, 5.74) is 4.43. The van der Waals surface area contributed by atoms with Crippen molar-refractivity contribution in [2.24, 2.45) is 0 Å². The molecule has 0 aromatic carbocycles. The van der Waals surface area contributed by atoms with Crippen molar-refractivity contribution in [3.63, 3.8) is 0 Å². The van der Waals surface area contributed by atoms with Crippen molar-refractivity contribution in [3.8, 4) is 0 Å². The van der Waals surface area contributed by atoms with Crippen LogP contribution in [0.3, 0.4) is 0 Å². The fourth-order valence-electron chi connectivity index (χ4n) is 3.33. The van der Waals surface area contributed by atoms with Gasteiger partial charge in [-0.05, 0) is 45.3 Å². The molecule has 0 atom stereocenters. The van der Waals surface area contributed by atoms with Gasteiger partial charge in [-0.15, -0.1) is 0 Å². The Hall–Kier alpha value is -1.09. The van der Waals surface area contributed by atoms with Crippen LogP contribution in [0.1, 0.15) is 42.6 Å². The lowest BCUT2D eigenvalue weighted by molar-refractivity contribution is 0.254. The van der Waals surface area contributed by atoms with Gasteiger partial charge in [0.25, 0.3) is 0 Å². The Morgan fingerprint density at radius 3 is 2.78 bits per heavy atom. The third-order valence-electron chi connectivity index (χ3n) is 4.39. The Balaban J connectivity index is 1.93. The van der Waals surface area contributed by atoms with Crippen LogP contribution in [0.15, 0.2) is 12.2 Å². The van der Waals surface area contributed by atoms with E-state index in [4.69, 9.17) is 5.10 Å². The topological polar surface area (TPSA) is 21.1 Å². The van der Waals surface area contributed by atoms with E-state index in [2.05, 4.69) is 35.7 Å². The van der Waals surface area contributed by atoms with Crippen LogP contribution in [0.4, 0.5) is 0 Å². The average Bonchev–Trinajstić information content (AvgIpc) is 2.78. The summed E-state index contributed by atoms with van der Waals surface area (Å²) < 4.78 is 2.23. The lowest BCUT2D eigenvalue weighted by Gasteiger charge is -2.30. The van der Waals surface area contributed by atoms with Gasteiger partial charge >= 0.3 is 0 Å². The highest BCUT2D eigenvalue weighted by Gasteiger charge is 2.26. The van der Waals surface area contributed by atoms with Crippen LogP contribution in [-0.2, 0) is 19.4 Å². The fraction of sp³-hybridized carbons (Fsp3) is 0.667. The summed E-state index contributed by atoms with van der Waals surface area (Å²) in [7, 11) is 2.23. The van der Waals surface area contributed by atoms with Gasteiger partial charge in [-0.3, -0.25) is 4.68 Å². The molecule has 2 aliphatic rings. The highest BCUT2D eigenvalue weighted by molar-refractivity contribution is 5.34. The second-order valence-corrected chi connectivity index (χ2v) is 5.60. The molecule has 3 rings (SSSR count). The minimum atomic E-state index is 0.742. The van der Waals surface area contributed by atoms with Gasteiger partial charge in [0.15, 0.2) is 0 Å². The van der Waals surface area contributed by atoms with E-state index in [1.165, 1.54) is 37.3 Å². The van der Waals surface area contributed by atoms with Crippen LogP contribution in [-0.4, -0.2) is 34.8 Å². The van der Waals surface area contributed by atoms with Gasteiger partial charge in [-0.1, -0.05) is 19.1 Å². The summed E-state index contributed by atoms with van der Waals surface area (Å²) in [6, 6.07) is 0. The number of aromatic nitrogens is 2. The number of hydrogen-bond donors (Lipinski definition) is 0. The largest absolute Gasteiger partial charge is 0.306 e. The zero-order chi connectivity index (χ0) is 12.5. The van der Waals surface area contributed by atoms with Crippen LogP contribution in [0.5, 0.6) is 0 Å². The molecule has 3 nitrogen and oxygen atoms in total. The van der Waals surface area contributed by atoms with Crippen molar-refractivity contribution in [1.82, 2.24) is 14.7 Å². The SMILES string of the molecule is CCc1nn2c(c1C1CCN(C)CC1)CC=CC2. The third-order valence-corrected chi connectivity index (χ3v) is 4.39. The van der Waals surface area contributed by atoms with Crippen LogP contribution < -0.4 is 0 Å². The number of piperidine rings is 1. The molecule has 0 saturated carbocycles. The molecule has 0 aliphatic carbocycles. The Morgan fingerprint density at radius 2 is 2.06 bits per heavy atom. The molecule has 0 unspecified atom stereocenters. The van der Waals surface area contributed by atoms with Crippen molar-refractivity contribution >= 4 is 0 Å². The van der Waals surface area contributed by atoms with E-state index in [1.807, 2.05) is 0 Å². The van der Waals surface area contributed by atoms with Crippen molar-refractivity contribution in [2.75, 3.05) is 20.1 Å². The Bertz CT molecular complexity index is 451. The molecule has 3 heterocycles. The highest BCUT2D eigenvalue weighted by Crippen LogP contribution is 2.34. The minimum Gasteiger partial charge on any atom is -0.306 e. The summed E-state index contributed by atoms with van der Waals surface area (Å²) in [6.07, 6.45) is 9.28. The van der Waals surface area contributed by atoms with Gasteiger partial charge in [0.2, 0.25) is 0 Å². The molecule has 2 aliphatic heterocycles. The zero-order valence-electron chi connectivity index (χ0n) is 11.5. The summed E-state index contributed by atoms with van der Waals surface area (Å²) in [5.74, 6) is 0.742. The second-order valence-electron chi connectivity index (χ2n) is 5.60. The minimum absolute atomic E-state index is 0.742. The lowest BCUT2D eigenvalue weighted by Crippen LogP contribution is -2.29. The summed E-state index contributed by atoms with van der Waals surface area (Å²) in [4.78, 5) is 2.44. The molecular weight excluding hydrogens is 222 g/mol. The van der Waals surface area contributed by atoms with E-state index in [1.54, 1.807) is 5.56 Å². The number of likely N-dealkylation sites (tertiary alicyclic amines) is 1. The molecule has 1 fully saturated rings. The van der Waals surface area contributed by atoms with Crippen molar-refractivity contribution in [1.29, 1.82) is 0 Å². The molecule has 98 valence electrons. The van der Waals surface area contributed by atoms with Gasteiger partial charge in [-0.25, -0.2) is 0 Å². The van der Waals surface area contributed by atoms with Crippen LogP contribution in [0.2, 0.25) is 0 Å². The number of allylic oxidation sites excluding steroid dienone is 2. The van der Waals surface area contributed by atoms with E-state index in [0.717, 1.165) is 25.3 Å². The molecule has 0 radical (unpaired) electrons. The Kier molecular flexibility index (Phi) is 3.25. The summed E-state index contributed by atoms with van der Waals surface area (Å²) >= 11 is 0. The molecule has 1 saturated heterocycles. The number of nitrogens with zero attached hydrogens (tertiary/aromatic N) is 3. The van der Waals surface area contributed by atoms with Gasteiger partial charge in [0.05, 0.1) is 12.2 Å². The van der Waals surface area contributed by atoms with E-state index in [0.29, 0.717) is 0 Å². The van der Waals surface area contributed by atoms with Crippen LogP contribution in [0, 0.1) is 0 Å². The Labute approximate surface area is 109 Å². The monoisotopic (exact) mass is 245 g/mol. The first-order valence-electron chi connectivity index (χ1n) is 7.21. The van der Waals surface area contributed by atoms with Crippen LogP contribution in [0.25, 0.3) is 0 Å². The van der Waals surface area contributed by atoms with E-state index in [9.17, 15) is 0 Å². The van der Waals surface area contributed by atoms with E-state index in [-0.39, 0.29) is 0 Å². The quantitative estimate of drug-likeness (QED) is 0.746. The molecule has 3 heteroatoms. The van der Waals surface area contributed by atoms with Gasteiger partial charge in [0, 0.05) is 17.7 Å². The van der Waals surface area contributed by atoms with Gasteiger partial charge < -0.3 is 4.90 Å². The maximum atomic E-state index is 4.82. The maximum absolute atomic E-state index is 4.82. The summed E-state index contributed by atoms with van der Waals surface area (Å²) in [5, 5.41) is 4.82. The zero-order valence-corrected chi connectivity index (χ0v) is 11.5. The van der Waals surface area contributed by atoms with Gasteiger partial charge in [0.1, 0.15) is 0 Å². The van der Waals surface area contributed by atoms with E-state index < -0.39 is 0 Å². The molecule has 0 N–H and O–H groups in total. The second kappa shape index (κ2) is 4.88. The molecule has 1 aromatic rings. The third kappa shape index (κ3) is 2.01. The van der Waals surface area contributed by atoms with E-state index >= 15 is 0 Å². The fourth-order valence-corrected chi connectivity index (χ4v) is 3.33. The number of aryl methyl sites for hydroxylation is 1. The van der Waals surface area contributed by atoms with Crippen LogP contribution >= 0.6 is 0 Å². The standard InChI is InChI=1S/C15H23N3/c1-3-13-15(12-7-10-17(2)11-8-12)14-6-4-5-9-18(14)16-13/h4-5,12H,3,6-11H2,1-2H3. The normalized spacial score (nSPS) is 21.2. The highest BCUT2D eigenvalue weighted by atomic mass is 15.3. The molecule has 0 bridgehead atoms. The first-order valence-corrected chi connectivity index (χ1v) is 7.21. The molecular formula is C15H23N3. The van der Waals surface area contributed by atoms with Crippen molar-refractivity contribution in [3.05, 3.63) is 29.1 Å². The van der Waals surface area contributed by atoms with Crippen molar-refractivity contribution in [2.45, 2.75) is 45.1 Å². The lowest BCUT2D eigenvalue weighted by atomic mass is 9.86. The molecule has 0 amide bonds. The number of fused-ring (bicyclic) bond motifs is 1. The molecule has 18 heavy (non-hydrogen) atoms. The number of rotatable bonds is 2. The number of hydrogen-bond acceptors (Lipinski definition) is 2. The first kappa shape index (κ1) is 12.0. The molecule has 1 aromatic heterocycles. The average molecular weight is 245 g/mol. The maximum Gasteiger partial charge on any atom is 0.0659 e. The van der Waals surface area contributed by atoms with Crippen molar-refractivity contribution < 1.29 is 0 Å². The predicted octanol–water partition coefficient (Wildman–Crippen LogP) is 2.37. The predicted molar refractivity (Wildman–Crippen MR) is 73.9 cm³/mol.